The predicted octanol–water partition coefficient (Wildman–Crippen LogP) is 2.59. The van der Waals surface area contributed by atoms with Gasteiger partial charge in [-0.15, -0.1) is 5.10 Å². The maximum absolute atomic E-state index is 13.1. The summed E-state index contributed by atoms with van der Waals surface area (Å²) in [5.41, 5.74) is 2.08. The van der Waals surface area contributed by atoms with Crippen molar-refractivity contribution in [2.75, 3.05) is 0 Å². The third-order valence-corrected chi connectivity index (χ3v) is 6.27. The van der Waals surface area contributed by atoms with Crippen molar-refractivity contribution >= 4 is 22.7 Å². The number of aromatic nitrogens is 5. The van der Waals surface area contributed by atoms with Gasteiger partial charge in [-0.25, -0.2) is 13.9 Å². The lowest BCUT2D eigenvalue weighted by Gasteiger charge is -2.29. The van der Waals surface area contributed by atoms with Crippen LogP contribution in [0.25, 0.3) is 16.8 Å². The molecule has 8 nitrogen and oxygen atoms in total. The van der Waals surface area contributed by atoms with Crippen LogP contribution in [0, 0.1) is 5.92 Å². The van der Waals surface area contributed by atoms with Crippen LogP contribution in [0.1, 0.15) is 38.3 Å². The van der Waals surface area contributed by atoms with Crippen molar-refractivity contribution in [2.24, 2.45) is 5.92 Å². The van der Waals surface area contributed by atoms with Crippen molar-refractivity contribution in [3.63, 3.8) is 0 Å². The van der Waals surface area contributed by atoms with Crippen LogP contribution >= 0.6 is 0 Å². The van der Waals surface area contributed by atoms with Crippen LogP contribution in [0.5, 0.6) is 0 Å². The molecule has 0 aliphatic heterocycles. The Kier molecular flexibility index (Phi) is 5.05. The third-order valence-electron chi connectivity index (χ3n) is 6.27. The Hall–Kier alpha value is -3.42. The number of benzene rings is 1. The number of nitrogens with zero attached hydrogens (tertiary/aromatic N) is 5. The van der Waals surface area contributed by atoms with Gasteiger partial charge in [-0.1, -0.05) is 38.0 Å². The summed E-state index contributed by atoms with van der Waals surface area (Å²) in [6.45, 7) is 2.61. The highest BCUT2D eigenvalue weighted by Gasteiger charge is 2.24. The summed E-state index contributed by atoms with van der Waals surface area (Å²) in [6.07, 6.45) is 6.25. The Labute approximate surface area is 179 Å². The van der Waals surface area contributed by atoms with Crippen LogP contribution < -0.4 is 11.0 Å². The molecule has 0 radical (unpaired) electrons. The molecule has 2 atom stereocenters. The molecule has 0 unspecified atom stereocenters. The topological polar surface area (TPSA) is 86.2 Å². The van der Waals surface area contributed by atoms with Crippen molar-refractivity contribution in [1.82, 2.24) is 29.0 Å². The van der Waals surface area contributed by atoms with Gasteiger partial charge in [0.1, 0.15) is 6.54 Å². The number of hydrogen-bond acceptors (Lipinski definition) is 4. The molecule has 8 heteroatoms. The molecule has 1 aromatic carbocycles. The Morgan fingerprint density at radius 3 is 2.65 bits per heavy atom. The monoisotopic (exact) mass is 418 g/mol. The first-order chi connectivity index (χ1) is 15.1. The first-order valence-electron chi connectivity index (χ1n) is 10.9. The second-order valence-corrected chi connectivity index (χ2v) is 8.41. The smallest absolute Gasteiger partial charge is 0.352 e. The molecular weight excluding hydrogens is 392 g/mol. The van der Waals surface area contributed by atoms with Crippen LogP contribution in [0.3, 0.4) is 0 Å². The van der Waals surface area contributed by atoms with Gasteiger partial charge in [-0.3, -0.25) is 14.3 Å². The average molecular weight is 419 g/mol. The maximum Gasteiger partial charge on any atom is 0.352 e. The highest BCUT2D eigenvalue weighted by Crippen LogP contribution is 2.24. The zero-order chi connectivity index (χ0) is 21.4. The Morgan fingerprint density at radius 1 is 1.10 bits per heavy atom. The lowest BCUT2D eigenvalue weighted by Crippen LogP contribution is -2.42. The highest BCUT2D eigenvalue weighted by molar-refractivity contribution is 5.84. The summed E-state index contributed by atoms with van der Waals surface area (Å²) in [5.74, 6) is 0.905. The van der Waals surface area contributed by atoms with Gasteiger partial charge in [0.15, 0.2) is 0 Å². The van der Waals surface area contributed by atoms with E-state index in [1.807, 2.05) is 47.0 Å². The largest absolute Gasteiger partial charge is 0.352 e. The number of amides is 1. The average Bonchev–Trinajstić information content (AvgIpc) is 3.25. The fourth-order valence-electron chi connectivity index (χ4n) is 4.60. The number of carbonyl (C=O) groups is 1. The minimum atomic E-state index is -0.239. The van der Waals surface area contributed by atoms with Gasteiger partial charge in [0, 0.05) is 12.2 Å². The van der Waals surface area contributed by atoms with E-state index in [0.717, 1.165) is 36.0 Å². The molecule has 0 spiro atoms. The first-order valence-corrected chi connectivity index (χ1v) is 10.9. The summed E-state index contributed by atoms with van der Waals surface area (Å²) >= 11 is 0. The van der Waals surface area contributed by atoms with E-state index in [2.05, 4.69) is 22.3 Å². The van der Waals surface area contributed by atoms with E-state index in [-0.39, 0.29) is 30.7 Å². The van der Waals surface area contributed by atoms with E-state index < -0.39 is 0 Å². The second-order valence-electron chi connectivity index (χ2n) is 8.41. The summed E-state index contributed by atoms with van der Waals surface area (Å²) in [7, 11) is 0. The second kappa shape index (κ2) is 8.02. The molecular formula is C23H26N6O2. The van der Waals surface area contributed by atoms with E-state index >= 15 is 0 Å². The number of imidazole rings is 1. The molecule has 1 fully saturated rings. The molecule has 5 rings (SSSR count). The van der Waals surface area contributed by atoms with Crippen LogP contribution in [0.15, 0.2) is 53.5 Å². The molecule has 1 N–H and O–H groups in total. The molecule has 160 valence electrons. The van der Waals surface area contributed by atoms with Crippen LogP contribution in [-0.2, 0) is 17.9 Å². The molecule has 1 aliphatic rings. The molecule has 0 bridgehead atoms. The Morgan fingerprint density at radius 2 is 1.87 bits per heavy atom. The molecule has 1 aliphatic carbocycles. The van der Waals surface area contributed by atoms with Crippen molar-refractivity contribution in [2.45, 2.75) is 51.7 Å². The summed E-state index contributed by atoms with van der Waals surface area (Å²) < 4.78 is 4.81. The van der Waals surface area contributed by atoms with Crippen molar-refractivity contribution in [3.8, 4) is 0 Å². The van der Waals surface area contributed by atoms with Gasteiger partial charge >= 0.3 is 5.69 Å². The minimum Gasteiger partial charge on any atom is -0.352 e. The highest BCUT2D eigenvalue weighted by atomic mass is 16.2. The standard InChI is InChI=1S/C23H26N6O2/c1-16-8-2-3-10-18(16)25-21(30)15-27-19-11-4-5-12-20(19)29-22(27)26-28(23(29)31)14-17-9-6-7-13-24-17/h4-7,9,11-13,16,18H,2-3,8,10,14-15H2,1H3,(H,25,30)/t16-,18+/m0/s1. The van der Waals surface area contributed by atoms with Gasteiger partial charge < -0.3 is 5.32 Å². The number of nitrogens with one attached hydrogen (secondary N) is 1. The molecule has 1 amide bonds. The predicted molar refractivity (Wildman–Crippen MR) is 118 cm³/mol. The number of carbonyl (C=O) groups excluding carboxylic acids is 1. The molecule has 1 saturated carbocycles. The molecule has 0 saturated heterocycles. The SMILES string of the molecule is C[C@H]1CCCC[C@H]1NC(=O)Cn1c2ccccc2n2c(=O)n(Cc3ccccn3)nc12. The zero-order valence-electron chi connectivity index (χ0n) is 17.6. The van der Waals surface area contributed by atoms with Gasteiger partial charge in [-0.05, 0) is 43.0 Å². The van der Waals surface area contributed by atoms with E-state index in [9.17, 15) is 9.59 Å². The van der Waals surface area contributed by atoms with E-state index in [1.54, 1.807) is 10.6 Å². The summed E-state index contributed by atoms with van der Waals surface area (Å²) in [5, 5.41) is 7.78. The van der Waals surface area contributed by atoms with Crippen LogP contribution in [-0.4, -0.2) is 35.7 Å². The third kappa shape index (κ3) is 3.62. The van der Waals surface area contributed by atoms with Crippen molar-refractivity contribution in [1.29, 1.82) is 0 Å². The quantitative estimate of drug-likeness (QED) is 0.540. The fraction of sp³-hybridized carbons (Fsp3) is 0.391. The number of pyridine rings is 1. The summed E-state index contributed by atoms with van der Waals surface area (Å²) in [6, 6.07) is 13.4. The molecule has 3 aromatic heterocycles. The van der Waals surface area contributed by atoms with E-state index in [1.165, 1.54) is 11.1 Å². The lowest BCUT2D eigenvalue weighted by molar-refractivity contribution is -0.122. The fourth-order valence-corrected chi connectivity index (χ4v) is 4.60. The van der Waals surface area contributed by atoms with Crippen molar-refractivity contribution < 1.29 is 4.79 Å². The van der Waals surface area contributed by atoms with E-state index in [4.69, 9.17) is 0 Å². The van der Waals surface area contributed by atoms with Gasteiger partial charge in [0.25, 0.3) is 0 Å². The Balaban J connectivity index is 1.51. The zero-order valence-corrected chi connectivity index (χ0v) is 17.6. The normalized spacial score (nSPS) is 19.1. The number of hydrogen-bond donors (Lipinski definition) is 1. The number of rotatable bonds is 5. The Bertz CT molecular complexity index is 1290. The van der Waals surface area contributed by atoms with Gasteiger partial charge in [0.05, 0.1) is 23.3 Å². The molecule has 4 aromatic rings. The number of para-hydroxylation sites is 2. The van der Waals surface area contributed by atoms with Gasteiger partial charge in [0.2, 0.25) is 11.7 Å². The molecule has 3 heterocycles. The van der Waals surface area contributed by atoms with E-state index in [0.29, 0.717) is 11.7 Å². The summed E-state index contributed by atoms with van der Waals surface area (Å²) in [4.78, 5) is 30.4. The van der Waals surface area contributed by atoms with Gasteiger partial charge in [-0.2, -0.15) is 0 Å². The van der Waals surface area contributed by atoms with Crippen molar-refractivity contribution in [3.05, 3.63) is 64.8 Å². The lowest BCUT2D eigenvalue weighted by atomic mass is 9.86. The van der Waals surface area contributed by atoms with Crippen LogP contribution in [0.2, 0.25) is 0 Å². The minimum absolute atomic E-state index is 0.0475. The number of fused-ring (bicyclic) bond motifs is 3. The maximum atomic E-state index is 13.1. The molecule has 31 heavy (non-hydrogen) atoms. The van der Waals surface area contributed by atoms with Crippen LogP contribution in [0.4, 0.5) is 0 Å². The first kappa shape index (κ1) is 19.5.